The molecule has 5 nitrogen and oxygen atoms in total. The average molecular weight is 267 g/mol. The summed E-state index contributed by atoms with van der Waals surface area (Å²) in [5.74, 6) is 5.40. The number of carbonyl (C=O) groups is 1. The maximum Gasteiger partial charge on any atom is 0.256 e. The molecule has 1 aromatic heterocycles. The highest BCUT2D eigenvalue weighted by Crippen LogP contribution is 2.24. The number of benzene rings is 1. The Hall–Kier alpha value is -2.58. The summed E-state index contributed by atoms with van der Waals surface area (Å²) in [4.78, 5) is 18.3. The van der Waals surface area contributed by atoms with Crippen molar-refractivity contribution in [2.45, 2.75) is 6.54 Å². The molecule has 0 spiro atoms. The van der Waals surface area contributed by atoms with Crippen molar-refractivity contribution in [2.75, 3.05) is 13.7 Å². The zero-order valence-electron chi connectivity index (χ0n) is 11.0. The van der Waals surface area contributed by atoms with Crippen LogP contribution in [0, 0.1) is 11.8 Å². The quantitative estimate of drug-likeness (QED) is 0.718. The van der Waals surface area contributed by atoms with E-state index in [-0.39, 0.29) is 12.5 Å². The van der Waals surface area contributed by atoms with Gasteiger partial charge in [0.15, 0.2) is 0 Å². The molecule has 0 radical (unpaired) electrons. The Bertz CT molecular complexity index is 737. The van der Waals surface area contributed by atoms with E-state index in [2.05, 4.69) is 16.8 Å². The van der Waals surface area contributed by atoms with E-state index in [9.17, 15) is 4.79 Å². The van der Waals surface area contributed by atoms with Crippen LogP contribution in [0.3, 0.4) is 0 Å². The average Bonchev–Trinajstić information content (AvgIpc) is 2.82. The lowest BCUT2D eigenvalue weighted by Crippen LogP contribution is -2.25. The zero-order chi connectivity index (χ0) is 14.1. The number of rotatable bonds is 0. The molecule has 1 amide bonds. The van der Waals surface area contributed by atoms with E-state index in [0.717, 1.165) is 11.4 Å². The highest BCUT2D eigenvalue weighted by Gasteiger charge is 2.25. The van der Waals surface area contributed by atoms with E-state index in [0.29, 0.717) is 17.8 Å². The van der Waals surface area contributed by atoms with E-state index in [4.69, 9.17) is 5.11 Å². The van der Waals surface area contributed by atoms with Crippen LogP contribution in [-0.2, 0) is 6.54 Å². The molecule has 2 aromatic rings. The lowest BCUT2D eigenvalue weighted by Gasteiger charge is -2.13. The molecule has 0 fully saturated rings. The van der Waals surface area contributed by atoms with Crippen LogP contribution in [-0.4, -0.2) is 39.1 Å². The number of imidazole rings is 1. The van der Waals surface area contributed by atoms with Crippen LogP contribution < -0.4 is 0 Å². The predicted molar refractivity (Wildman–Crippen MR) is 73.3 cm³/mol. The van der Waals surface area contributed by atoms with Crippen LogP contribution in [0.15, 0.2) is 30.6 Å². The Morgan fingerprint density at radius 1 is 1.40 bits per heavy atom. The molecule has 3 rings (SSSR count). The lowest BCUT2D eigenvalue weighted by molar-refractivity contribution is 0.0788. The number of aliphatic hydroxyl groups is 1. The van der Waals surface area contributed by atoms with Crippen molar-refractivity contribution in [3.8, 4) is 17.5 Å². The van der Waals surface area contributed by atoms with Crippen LogP contribution in [0.5, 0.6) is 0 Å². The monoisotopic (exact) mass is 267 g/mol. The Balaban J connectivity index is 2.23. The summed E-state index contributed by atoms with van der Waals surface area (Å²) in [6.07, 6.45) is 1.67. The van der Waals surface area contributed by atoms with Crippen molar-refractivity contribution < 1.29 is 9.90 Å². The molecule has 100 valence electrons. The number of amides is 1. The maximum absolute atomic E-state index is 12.3. The molecule has 0 saturated carbocycles. The van der Waals surface area contributed by atoms with Gasteiger partial charge in [0.1, 0.15) is 18.6 Å². The molecule has 0 atom stereocenters. The van der Waals surface area contributed by atoms with Gasteiger partial charge in [-0.05, 0) is 18.1 Å². The Kier molecular flexibility index (Phi) is 3.01. The van der Waals surface area contributed by atoms with Crippen LogP contribution in [0.25, 0.3) is 5.69 Å². The van der Waals surface area contributed by atoms with Crippen molar-refractivity contribution in [2.24, 2.45) is 0 Å². The van der Waals surface area contributed by atoms with Gasteiger partial charge in [0, 0.05) is 7.05 Å². The molecular formula is C15H13N3O2. The molecule has 1 aliphatic rings. The third kappa shape index (κ3) is 1.87. The fourth-order valence-electron chi connectivity index (χ4n) is 2.33. The fourth-order valence-corrected chi connectivity index (χ4v) is 2.33. The van der Waals surface area contributed by atoms with Crippen LogP contribution >= 0.6 is 0 Å². The molecule has 0 bridgehead atoms. The van der Waals surface area contributed by atoms with Crippen LogP contribution in [0.2, 0.25) is 0 Å². The zero-order valence-corrected chi connectivity index (χ0v) is 11.0. The standard InChI is InChI=1S/C15H13N3O2/c1-17-9-14-12(6-4-8-19)16-10-18(14)13-7-3-2-5-11(13)15(17)20/h2-3,5,7,10,19H,8-9H2,1H3. The maximum atomic E-state index is 12.3. The lowest BCUT2D eigenvalue weighted by atomic mass is 10.1. The summed E-state index contributed by atoms with van der Waals surface area (Å²) in [5, 5.41) is 8.80. The van der Waals surface area contributed by atoms with Crippen molar-refractivity contribution in [3.05, 3.63) is 47.5 Å². The molecule has 20 heavy (non-hydrogen) atoms. The topological polar surface area (TPSA) is 58.4 Å². The van der Waals surface area contributed by atoms with Gasteiger partial charge in [-0.3, -0.25) is 9.36 Å². The summed E-state index contributed by atoms with van der Waals surface area (Å²) < 4.78 is 1.89. The number of nitrogens with zero attached hydrogens (tertiary/aromatic N) is 3. The Morgan fingerprint density at radius 2 is 2.20 bits per heavy atom. The molecule has 1 aliphatic heterocycles. The summed E-state index contributed by atoms with van der Waals surface area (Å²) in [6.45, 7) is 0.223. The number of para-hydroxylation sites is 1. The second-order valence-electron chi connectivity index (χ2n) is 4.55. The number of aromatic nitrogens is 2. The first kappa shape index (κ1) is 12.5. The summed E-state index contributed by atoms with van der Waals surface area (Å²) in [6, 6.07) is 7.43. The van der Waals surface area contributed by atoms with E-state index in [1.807, 2.05) is 28.8 Å². The first-order chi connectivity index (χ1) is 9.72. The molecule has 5 heteroatoms. The minimum absolute atomic E-state index is 0.0228. The third-order valence-corrected chi connectivity index (χ3v) is 3.28. The third-order valence-electron chi connectivity index (χ3n) is 3.28. The van der Waals surface area contributed by atoms with Gasteiger partial charge < -0.3 is 10.0 Å². The second-order valence-corrected chi connectivity index (χ2v) is 4.55. The van der Waals surface area contributed by atoms with Gasteiger partial charge in [-0.1, -0.05) is 18.1 Å². The van der Waals surface area contributed by atoms with Crippen molar-refractivity contribution >= 4 is 5.91 Å². The largest absolute Gasteiger partial charge is 0.384 e. The number of carbonyl (C=O) groups excluding carboxylic acids is 1. The Morgan fingerprint density at radius 3 is 3.00 bits per heavy atom. The summed E-state index contributed by atoms with van der Waals surface area (Å²) in [7, 11) is 1.75. The number of fused-ring (bicyclic) bond motifs is 3. The van der Waals surface area contributed by atoms with Gasteiger partial charge in [-0.15, -0.1) is 0 Å². The van der Waals surface area contributed by atoms with Gasteiger partial charge in [-0.25, -0.2) is 4.98 Å². The number of hydrogen-bond acceptors (Lipinski definition) is 3. The molecule has 0 saturated heterocycles. The predicted octanol–water partition coefficient (Wildman–Crippen LogP) is 0.802. The van der Waals surface area contributed by atoms with Gasteiger partial charge in [0.25, 0.3) is 5.91 Å². The normalized spacial score (nSPS) is 13.1. The van der Waals surface area contributed by atoms with Gasteiger partial charge in [0.05, 0.1) is 23.5 Å². The molecule has 0 aliphatic carbocycles. The smallest absolute Gasteiger partial charge is 0.256 e. The molecular weight excluding hydrogens is 254 g/mol. The van der Waals surface area contributed by atoms with Gasteiger partial charge >= 0.3 is 0 Å². The van der Waals surface area contributed by atoms with Crippen molar-refractivity contribution in [1.82, 2.24) is 14.5 Å². The van der Waals surface area contributed by atoms with Crippen molar-refractivity contribution in [1.29, 1.82) is 0 Å². The van der Waals surface area contributed by atoms with Gasteiger partial charge in [0.2, 0.25) is 0 Å². The minimum atomic E-state index is -0.211. The molecule has 1 aromatic carbocycles. The highest BCUT2D eigenvalue weighted by atomic mass is 16.2. The fraction of sp³-hybridized carbons (Fsp3) is 0.200. The second kappa shape index (κ2) is 4.83. The van der Waals surface area contributed by atoms with Crippen LogP contribution in [0.4, 0.5) is 0 Å². The van der Waals surface area contributed by atoms with Crippen LogP contribution in [0.1, 0.15) is 21.7 Å². The van der Waals surface area contributed by atoms with Crippen molar-refractivity contribution in [3.63, 3.8) is 0 Å². The van der Waals surface area contributed by atoms with E-state index in [1.54, 1.807) is 18.3 Å². The molecule has 2 heterocycles. The first-order valence-electron chi connectivity index (χ1n) is 6.23. The van der Waals surface area contributed by atoms with Gasteiger partial charge in [-0.2, -0.15) is 0 Å². The van der Waals surface area contributed by atoms with E-state index in [1.165, 1.54) is 0 Å². The number of aliphatic hydroxyl groups excluding tert-OH is 1. The SMILES string of the molecule is CN1Cc2c(C#CCO)ncn2-c2ccccc2C1=O. The summed E-state index contributed by atoms with van der Waals surface area (Å²) >= 11 is 0. The Labute approximate surface area is 116 Å². The molecule has 0 unspecified atom stereocenters. The van der Waals surface area contributed by atoms with E-state index >= 15 is 0 Å². The summed E-state index contributed by atoms with van der Waals surface area (Å²) in [5.41, 5.74) is 2.90. The minimum Gasteiger partial charge on any atom is -0.384 e. The highest BCUT2D eigenvalue weighted by molar-refractivity contribution is 5.98. The van der Waals surface area contributed by atoms with E-state index < -0.39 is 0 Å². The number of hydrogen-bond donors (Lipinski definition) is 1. The molecule has 1 N–H and O–H groups in total. The first-order valence-corrected chi connectivity index (χ1v) is 6.23.